The van der Waals surface area contributed by atoms with E-state index in [1.807, 2.05) is 6.07 Å². The summed E-state index contributed by atoms with van der Waals surface area (Å²) in [6.07, 6.45) is 0. The first kappa shape index (κ1) is 27.1. The molecule has 0 bridgehead atoms. The average molecular weight is 586 g/mol. The molecule has 6 aromatic carbocycles. The Balaban J connectivity index is 1.15. The van der Waals surface area contributed by atoms with Gasteiger partial charge >= 0.3 is 0 Å². The minimum Gasteiger partial charge on any atom is -0.457 e. The minimum absolute atomic E-state index is 0.0707. The van der Waals surface area contributed by atoms with Gasteiger partial charge < -0.3 is 19.1 Å². The molecule has 4 heteroatoms. The third-order valence-corrected chi connectivity index (χ3v) is 8.79. The molecule has 220 valence electrons. The second-order valence-electron chi connectivity index (χ2n) is 12.8. The molecule has 0 atom stereocenters. The predicted molar refractivity (Wildman–Crippen MR) is 188 cm³/mol. The van der Waals surface area contributed by atoms with Crippen molar-refractivity contribution in [2.75, 3.05) is 16.5 Å². The van der Waals surface area contributed by atoms with Crippen LogP contribution < -0.4 is 14.5 Å². The molecule has 1 aromatic heterocycles. The van der Waals surface area contributed by atoms with Crippen molar-refractivity contribution in [3.8, 4) is 17.2 Å². The van der Waals surface area contributed by atoms with Crippen molar-refractivity contribution in [3.05, 3.63) is 151 Å². The topological polar surface area (TPSA) is 20.6 Å². The molecule has 2 heterocycles. The molecule has 1 aliphatic heterocycles. The number of hydrogen-bond donors (Lipinski definition) is 0. The van der Waals surface area contributed by atoms with E-state index >= 15 is 0 Å². The summed E-state index contributed by atoms with van der Waals surface area (Å²) in [7, 11) is 0. The predicted octanol–water partition coefficient (Wildman–Crippen LogP) is 11.1. The molecule has 45 heavy (non-hydrogen) atoms. The first-order chi connectivity index (χ1) is 21.9. The van der Waals surface area contributed by atoms with Gasteiger partial charge in [0, 0.05) is 33.9 Å². The Morgan fingerprint density at radius 1 is 0.489 bits per heavy atom. The standard InChI is InChI=1S/C41H35N3O/c1-41(2,3)29-13-11-17-32(25-29)44-37-20-8-7-19-35(37)36-27-34(23-24-38(36)44)45-33-18-12-16-31(26-33)43-28-42(30-14-5-4-6-15-30)39-21-9-10-22-40(39)43/h4-27H,28H2,1-3H3. The van der Waals surface area contributed by atoms with Gasteiger partial charge in [0.25, 0.3) is 0 Å². The number of para-hydroxylation sites is 4. The fraction of sp³-hybridized carbons (Fsp3) is 0.122. The van der Waals surface area contributed by atoms with Gasteiger partial charge in [-0.2, -0.15) is 0 Å². The first-order valence-electron chi connectivity index (χ1n) is 15.6. The lowest BCUT2D eigenvalue weighted by Gasteiger charge is -2.22. The minimum atomic E-state index is 0.0707. The Morgan fingerprint density at radius 3 is 1.91 bits per heavy atom. The van der Waals surface area contributed by atoms with E-state index in [2.05, 4.69) is 175 Å². The van der Waals surface area contributed by atoms with Gasteiger partial charge in [0.1, 0.15) is 18.2 Å². The van der Waals surface area contributed by atoms with E-state index in [0.29, 0.717) is 0 Å². The quantitative estimate of drug-likeness (QED) is 0.200. The number of rotatable bonds is 5. The first-order valence-corrected chi connectivity index (χ1v) is 15.6. The third-order valence-electron chi connectivity index (χ3n) is 8.79. The highest BCUT2D eigenvalue weighted by Gasteiger charge is 2.28. The van der Waals surface area contributed by atoms with Crippen LogP contribution in [0.1, 0.15) is 26.3 Å². The summed E-state index contributed by atoms with van der Waals surface area (Å²) in [5, 5.41) is 2.38. The van der Waals surface area contributed by atoms with Crippen LogP contribution in [0.2, 0.25) is 0 Å². The van der Waals surface area contributed by atoms with E-state index < -0.39 is 0 Å². The number of anilines is 4. The highest BCUT2D eigenvalue weighted by atomic mass is 16.5. The van der Waals surface area contributed by atoms with E-state index in [1.165, 1.54) is 44.6 Å². The van der Waals surface area contributed by atoms with Crippen LogP contribution >= 0.6 is 0 Å². The van der Waals surface area contributed by atoms with Crippen LogP contribution in [0.25, 0.3) is 27.5 Å². The number of ether oxygens (including phenoxy) is 1. The van der Waals surface area contributed by atoms with Crippen molar-refractivity contribution in [1.29, 1.82) is 0 Å². The summed E-state index contributed by atoms with van der Waals surface area (Å²) in [6.45, 7) is 7.52. The van der Waals surface area contributed by atoms with Crippen LogP contribution in [0, 0.1) is 0 Å². The van der Waals surface area contributed by atoms with Crippen LogP contribution in [-0.4, -0.2) is 11.2 Å². The van der Waals surface area contributed by atoms with E-state index in [4.69, 9.17) is 4.74 Å². The average Bonchev–Trinajstić information content (AvgIpc) is 3.61. The molecule has 0 amide bonds. The summed E-state index contributed by atoms with van der Waals surface area (Å²) in [4.78, 5) is 4.70. The number of hydrogen-bond acceptors (Lipinski definition) is 3. The number of aromatic nitrogens is 1. The zero-order chi connectivity index (χ0) is 30.5. The monoisotopic (exact) mass is 585 g/mol. The Labute approximate surface area is 264 Å². The summed E-state index contributed by atoms with van der Waals surface area (Å²) in [5.41, 5.74) is 9.57. The lowest BCUT2D eigenvalue weighted by Crippen LogP contribution is -2.23. The molecule has 0 saturated carbocycles. The Hall–Kier alpha value is -5.48. The van der Waals surface area contributed by atoms with Gasteiger partial charge in [-0.3, -0.25) is 0 Å². The Kier molecular flexibility index (Phi) is 6.38. The SMILES string of the molecule is CC(C)(C)c1cccc(-n2c3ccccc3c3cc(Oc4cccc(N5CN(c6ccccc6)c6ccccc65)c4)ccc32)c1. The van der Waals surface area contributed by atoms with Crippen molar-refractivity contribution in [2.45, 2.75) is 26.2 Å². The highest BCUT2D eigenvalue weighted by Crippen LogP contribution is 2.45. The fourth-order valence-electron chi connectivity index (χ4n) is 6.52. The molecular formula is C41H35N3O. The second kappa shape index (κ2) is 10.6. The zero-order valence-electron chi connectivity index (χ0n) is 25.8. The van der Waals surface area contributed by atoms with Gasteiger partial charge in [-0.25, -0.2) is 0 Å². The fourth-order valence-corrected chi connectivity index (χ4v) is 6.52. The summed E-state index contributed by atoms with van der Waals surface area (Å²) in [5.74, 6) is 1.63. The van der Waals surface area contributed by atoms with E-state index in [9.17, 15) is 0 Å². The molecule has 0 fully saturated rings. The molecule has 7 aromatic rings. The van der Waals surface area contributed by atoms with Crippen LogP contribution in [-0.2, 0) is 5.41 Å². The van der Waals surface area contributed by atoms with Crippen molar-refractivity contribution in [3.63, 3.8) is 0 Å². The molecule has 4 nitrogen and oxygen atoms in total. The van der Waals surface area contributed by atoms with Crippen molar-refractivity contribution in [2.24, 2.45) is 0 Å². The smallest absolute Gasteiger partial charge is 0.129 e. The van der Waals surface area contributed by atoms with Crippen molar-refractivity contribution < 1.29 is 4.74 Å². The molecule has 1 aliphatic rings. The maximum Gasteiger partial charge on any atom is 0.129 e. The van der Waals surface area contributed by atoms with Crippen LogP contribution in [0.5, 0.6) is 11.5 Å². The highest BCUT2D eigenvalue weighted by molar-refractivity contribution is 6.09. The van der Waals surface area contributed by atoms with Crippen LogP contribution in [0.15, 0.2) is 146 Å². The molecule has 8 rings (SSSR count). The van der Waals surface area contributed by atoms with Gasteiger partial charge in [-0.1, -0.05) is 87.5 Å². The van der Waals surface area contributed by atoms with Gasteiger partial charge in [-0.15, -0.1) is 0 Å². The van der Waals surface area contributed by atoms with Crippen LogP contribution in [0.3, 0.4) is 0 Å². The molecule has 0 aliphatic carbocycles. The molecule has 0 saturated heterocycles. The number of benzene rings is 6. The van der Waals surface area contributed by atoms with Gasteiger partial charge in [0.2, 0.25) is 0 Å². The molecule has 0 unspecified atom stereocenters. The third kappa shape index (κ3) is 4.79. The molecule has 0 spiro atoms. The Morgan fingerprint density at radius 2 is 1.11 bits per heavy atom. The maximum atomic E-state index is 6.56. The molecular weight excluding hydrogens is 550 g/mol. The maximum absolute atomic E-state index is 6.56. The summed E-state index contributed by atoms with van der Waals surface area (Å²) >= 11 is 0. The Bertz CT molecular complexity index is 2170. The second-order valence-corrected chi connectivity index (χ2v) is 12.8. The summed E-state index contributed by atoms with van der Waals surface area (Å²) in [6, 6.07) is 51.5. The van der Waals surface area contributed by atoms with Crippen LogP contribution in [0.4, 0.5) is 22.7 Å². The van der Waals surface area contributed by atoms with Gasteiger partial charge in [0.05, 0.1) is 22.4 Å². The van der Waals surface area contributed by atoms with E-state index in [1.54, 1.807) is 0 Å². The number of nitrogens with zero attached hydrogens (tertiary/aromatic N) is 3. The van der Waals surface area contributed by atoms with Crippen molar-refractivity contribution >= 4 is 44.6 Å². The normalized spacial score (nSPS) is 13.0. The van der Waals surface area contributed by atoms with E-state index in [-0.39, 0.29) is 5.41 Å². The lowest BCUT2D eigenvalue weighted by atomic mass is 9.87. The van der Waals surface area contributed by atoms with E-state index in [0.717, 1.165) is 29.4 Å². The van der Waals surface area contributed by atoms with Crippen molar-refractivity contribution in [1.82, 2.24) is 4.57 Å². The van der Waals surface area contributed by atoms with Gasteiger partial charge in [-0.05, 0) is 83.8 Å². The lowest BCUT2D eigenvalue weighted by molar-refractivity contribution is 0.483. The molecule has 0 N–H and O–H groups in total. The molecule has 0 radical (unpaired) electrons. The summed E-state index contributed by atoms with van der Waals surface area (Å²) < 4.78 is 8.93. The largest absolute Gasteiger partial charge is 0.457 e. The number of fused-ring (bicyclic) bond motifs is 4. The zero-order valence-corrected chi connectivity index (χ0v) is 25.8. The van der Waals surface area contributed by atoms with Gasteiger partial charge in [0.15, 0.2) is 0 Å².